The molecule has 1 aliphatic rings. The van der Waals surface area contributed by atoms with E-state index in [-0.39, 0.29) is 0 Å². The van der Waals surface area contributed by atoms with E-state index in [2.05, 4.69) is 43.1 Å². The lowest BCUT2D eigenvalue weighted by Gasteiger charge is -2.33. The molecule has 94 valence electrons. The van der Waals surface area contributed by atoms with Gasteiger partial charge in [0.15, 0.2) is 0 Å². The zero-order chi connectivity index (χ0) is 12.7. The molecule has 2 aromatic rings. The van der Waals surface area contributed by atoms with Gasteiger partial charge in [-0.25, -0.2) is 0 Å². The molecule has 2 heteroatoms. The first-order valence-corrected chi connectivity index (χ1v) is 6.55. The van der Waals surface area contributed by atoms with E-state index in [0.717, 1.165) is 24.5 Å². The fraction of sp³-hybridized carbons (Fsp3) is 0.375. The second kappa shape index (κ2) is 4.29. The van der Waals surface area contributed by atoms with Crippen LogP contribution in [0, 0.1) is 6.92 Å². The van der Waals surface area contributed by atoms with Gasteiger partial charge < -0.3 is 4.42 Å². The van der Waals surface area contributed by atoms with Crippen molar-refractivity contribution in [1.82, 2.24) is 4.90 Å². The van der Waals surface area contributed by atoms with E-state index in [1.807, 2.05) is 13.0 Å². The molecule has 2 heterocycles. The van der Waals surface area contributed by atoms with Gasteiger partial charge in [-0.3, -0.25) is 4.90 Å². The average Bonchev–Trinajstić information content (AvgIpc) is 2.80. The third-order valence-corrected chi connectivity index (χ3v) is 4.02. The fourth-order valence-corrected chi connectivity index (χ4v) is 2.83. The maximum absolute atomic E-state index is 5.80. The van der Waals surface area contributed by atoms with Gasteiger partial charge in [-0.05, 0) is 50.6 Å². The van der Waals surface area contributed by atoms with E-state index in [1.165, 1.54) is 16.7 Å². The molecule has 1 aliphatic heterocycles. The van der Waals surface area contributed by atoms with E-state index >= 15 is 0 Å². The molecule has 1 aromatic carbocycles. The van der Waals surface area contributed by atoms with Gasteiger partial charge in [0.1, 0.15) is 11.5 Å². The summed E-state index contributed by atoms with van der Waals surface area (Å²) in [5.41, 5.74) is 4.15. The molecule has 0 saturated carbocycles. The van der Waals surface area contributed by atoms with Gasteiger partial charge >= 0.3 is 0 Å². The molecule has 18 heavy (non-hydrogen) atoms. The van der Waals surface area contributed by atoms with Crippen LogP contribution in [0.3, 0.4) is 0 Å². The molecule has 0 spiro atoms. The third-order valence-electron chi connectivity index (χ3n) is 4.02. The van der Waals surface area contributed by atoms with E-state index < -0.39 is 0 Å². The predicted octanol–water partition coefficient (Wildman–Crippen LogP) is 3.80. The van der Waals surface area contributed by atoms with Crippen LogP contribution in [0.1, 0.15) is 29.9 Å². The van der Waals surface area contributed by atoms with Crippen LogP contribution in [0.2, 0.25) is 0 Å². The van der Waals surface area contributed by atoms with Crippen LogP contribution in [0.15, 0.2) is 34.7 Å². The smallest absolute Gasteiger partial charge is 0.134 e. The molecule has 0 aliphatic carbocycles. The summed E-state index contributed by atoms with van der Waals surface area (Å²) in [7, 11) is 2.19. The maximum Gasteiger partial charge on any atom is 0.134 e. The zero-order valence-corrected chi connectivity index (χ0v) is 11.2. The molecule has 0 fully saturated rings. The van der Waals surface area contributed by atoms with Crippen molar-refractivity contribution in [3.63, 3.8) is 0 Å². The van der Waals surface area contributed by atoms with Crippen molar-refractivity contribution in [3.05, 3.63) is 47.2 Å². The van der Waals surface area contributed by atoms with E-state index in [0.29, 0.717) is 6.04 Å². The molecule has 1 aromatic heterocycles. The Morgan fingerprint density at radius 2 is 2.06 bits per heavy atom. The van der Waals surface area contributed by atoms with Gasteiger partial charge in [0.05, 0.1) is 0 Å². The van der Waals surface area contributed by atoms with Crippen molar-refractivity contribution >= 4 is 0 Å². The van der Waals surface area contributed by atoms with Gasteiger partial charge in [0.2, 0.25) is 0 Å². The predicted molar refractivity (Wildman–Crippen MR) is 73.6 cm³/mol. The largest absolute Gasteiger partial charge is 0.461 e. The quantitative estimate of drug-likeness (QED) is 0.755. The Morgan fingerprint density at radius 1 is 1.22 bits per heavy atom. The Morgan fingerprint density at radius 3 is 2.78 bits per heavy atom. The lowest BCUT2D eigenvalue weighted by molar-refractivity contribution is 0.248. The Hall–Kier alpha value is -1.54. The summed E-state index contributed by atoms with van der Waals surface area (Å²) < 4.78 is 5.80. The molecule has 0 bridgehead atoms. The number of nitrogens with zero attached hydrogens (tertiary/aromatic N) is 1. The van der Waals surface area contributed by atoms with Crippen LogP contribution in [0.25, 0.3) is 11.3 Å². The second-order valence-electron chi connectivity index (χ2n) is 5.20. The number of hydrogen-bond donors (Lipinski definition) is 0. The minimum absolute atomic E-state index is 0.454. The summed E-state index contributed by atoms with van der Waals surface area (Å²) in [6.07, 6.45) is 1.13. The first kappa shape index (κ1) is 11.5. The van der Waals surface area contributed by atoms with Gasteiger partial charge in [0.25, 0.3) is 0 Å². The highest BCUT2D eigenvalue weighted by atomic mass is 16.3. The van der Waals surface area contributed by atoms with Crippen LogP contribution < -0.4 is 0 Å². The SMILES string of the molecule is Cc1ccc(-c2cccc3c2C(C)N(C)CC3)o1. The van der Waals surface area contributed by atoms with Gasteiger partial charge in [-0.1, -0.05) is 18.2 Å². The van der Waals surface area contributed by atoms with Gasteiger partial charge in [-0.2, -0.15) is 0 Å². The number of fused-ring (bicyclic) bond motifs is 1. The Bertz CT molecular complexity index is 570. The molecule has 0 N–H and O–H groups in total. The Kier molecular flexibility index (Phi) is 2.75. The molecule has 2 nitrogen and oxygen atoms in total. The normalized spacial score (nSPS) is 19.8. The number of furan rings is 1. The Labute approximate surface area is 108 Å². The number of aryl methyl sites for hydroxylation is 1. The van der Waals surface area contributed by atoms with Crippen molar-refractivity contribution in [2.24, 2.45) is 0 Å². The first-order valence-electron chi connectivity index (χ1n) is 6.55. The van der Waals surface area contributed by atoms with Gasteiger partial charge in [0, 0.05) is 18.2 Å². The monoisotopic (exact) mass is 241 g/mol. The summed E-state index contributed by atoms with van der Waals surface area (Å²) in [5.74, 6) is 1.96. The molecule has 3 rings (SSSR count). The lowest BCUT2D eigenvalue weighted by Crippen LogP contribution is -2.30. The Balaban J connectivity index is 2.16. The minimum Gasteiger partial charge on any atom is -0.461 e. The molecule has 0 amide bonds. The summed E-state index contributed by atoms with van der Waals surface area (Å²) in [6.45, 7) is 5.40. The average molecular weight is 241 g/mol. The molecular weight excluding hydrogens is 222 g/mol. The fourth-order valence-electron chi connectivity index (χ4n) is 2.83. The van der Waals surface area contributed by atoms with E-state index in [4.69, 9.17) is 4.42 Å². The summed E-state index contributed by atoms with van der Waals surface area (Å²) in [6, 6.07) is 11.1. The van der Waals surface area contributed by atoms with Crippen LogP contribution in [-0.4, -0.2) is 18.5 Å². The van der Waals surface area contributed by atoms with Crippen molar-refractivity contribution in [3.8, 4) is 11.3 Å². The number of benzene rings is 1. The molecule has 1 atom stereocenters. The summed E-state index contributed by atoms with van der Waals surface area (Å²) in [4.78, 5) is 2.40. The van der Waals surface area contributed by atoms with Crippen molar-refractivity contribution in [2.45, 2.75) is 26.3 Å². The number of likely N-dealkylation sites (N-methyl/N-ethyl adjacent to an activating group) is 1. The minimum atomic E-state index is 0.454. The molecular formula is C16H19NO. The van der Waals surface area contributed by atoms with Crippen molar-refractivity contribution < 1.29 is 4.42 Å². The second-order valence-corrected chi connectivity index (χ2v) is 5.20. The van der Waals surface area contributed by atoms with Crippen LogP contribution in [-0.2, 0) is 6.42 Å². The van der Waals surface area contributed by atoms with Crippen LogP contribution in [0.5, 0.6) is 0 Å². The standard InChI is InChI=1S/C16H19NO/c1-11-7-8-15(18-11)14-6-4-5-13-9-10-17(3)12(2)16(13)14/h4-8,12H,9-10H2,1-3H3. The maximum atomic E-state index is 5.80. The van der Waals surface area contributed by atoms with Crippen molar-refractivity contribution in [1.29, 1.82) is 0 Å². The third kappa shape index (κ3) is 1.77. The van der Waals surface area contributed by atoms with Crippen molar-refractivity contribution in [2.75, 3.05) is 13.6 Å². The summed E-state index contributed by atoms with van der Waals surface area (Å²) >= 11 is 0. The highest BCUT2D eigenvalue weighted by molar-refractivity contribution is 5.65. The van der Waals surface area contributed by atoms with E-state index in [1.54, 1.807) is 0 Å². The number of hydrogen-bond acceptors (Lipinski definition) is 2. The highest BCUT2D eigenvalue weighted by Gasteiger charge is 2.24. The van der Waals surface area contributed by atoms with Crippen LogP contribution in [0.4, 0.5) is 0 Å². The van der Waals surface area contributed by atoms with Gasteiger partial charge in [-0.15, -0.1) is 0 Å². The topological polar surface area (TPSA) is 16.4 Å². The number of rotatable bonds is 1. The molecule has 1 unspecified atom stereocenters. The first-order chi connectivity index (χ1) is 8.66. The molecule has 0 saturated heterocycles. The highest BCUT2D eigenvalue weighted by Crippen LogP contribution is 2.36. The zero-order valence-electron chi connectivity index (χ0n) is 11.2. The van der Waals surface area contributed by atoms with Crippen LogP contribution >= 0.6 is 0 Å². The molecule has 0 radical (unpaired) electrons. The summed E-state index contributed by atoms with van der Waals surface area (Å²) in [5, 5.41) is 0. The van der Waals surface area contributed by atoms with E-state index in [9.17, 15) is 0 Å². The lowest BCUT2D eigenvalue weighted by atomic mass is 9.89.